The van der Waals surface area contributed by atoms with Crippen molar-refractivity contribution in [1.82, 2.24) is 14.3 Å². The number of benzene rings is 1. The highest BCUT2D eigenvalue weighted by Gasteiger charge is 2.38. The summed E-state index contributed by atoms with van der Waals surface area (Å²) >= 11 is 0. The Balaban J connectivity index is 1.87. The van der Waals surface area contributed by atoms with Gasteiger partial charge in [0, 0.05) is 41.0 Å². The molecule has 2 aromatic heterocycles. The molecule has 0 aliphatic heterocycles. The minimum absolute atomic E-state index is 0.0842. The number of sulfonamides is 1. The maximum atomic E-state index is 14.2. The lowest BCUT2D eigenvalue weighted by atomic mass is 9.96. The van der Waals surface area contributed by atoms with Gasteiger partial charge in [-0.15, -0.1) is 0 Å². The van der Waals surface area contributed by atoms with Crippen LogP contribution in [0.2, 0.25) is 0 Å². The Kier molecular flexibility index (Phi) is 6.93. The van der Waals surface area contributed by atoms with Gasteiger partial charge in [-0.3, -0.25) is 4.98 Å². The van der Waals surface area contributed by atoms with Crippen LogP contribution in [0.15, 0.2) is 42.7 Å². The summed E-state index contributed by atoms with van der Waals surface area (Å²) in [7, 11) is -3.96. The van der Waals surface area contributed by atoms with Gasteiger partial charge in [0.05, 0.1) is 5.25 Å². The van der Waals surface area contributed by atoms with Crippen molar-refractivity contribution in [2.45, 2.75) is 70.5 Å². The number of hydrogen-bond acceptors (Lipinski definition) is 3. The average molecular weight is 530 g/mol. The minimum atomic E-state index is -4.68. The Morgan fingerprint density at radius 2 is 1.83 bits per heavy atom. The van der Waals surface area contributed by atoms with Crippen LogP contribution in [0.25, 0.3) is 22.0 Å². The van der Waals surface area contributed by atoms with Gasteiger partial charge in [0.2, 0.25) is 10.0 Å². The molecule has 1 aliphatic rings. The quantitative estimate of drug-likeness (QED) is 0.353. The number of hydrogen-bond donors (Lipinski definition) is 1. The summed E-state index contributed by atoms with van der Waals surface area (Å²) in [6.45, 7) is 6.19. The summed E-state index contributed by atoms with van der Waals surface area (Å²) in [6, 6.07) is 5.33. The van der Waals surface area contributed by atoms with E-state index in [1.54, 1.807) is 4.57 Å². The van der Waals surface area contributed by atoms with Gasteiger partial charge < -0.3 is 4.57 Å². The van der Waals surface area contributed by atoms with E-state index in [0.29, 0.717) is 30.3 Å². The van der Waals surface area contributed by atoms with E-state index in [1.807, 2.05) is 20.8 Å². The van der Waals surface area contributed by atoms with Gasteiger partial charge in [-0.05, 0) is 36.0 Å². The maximum absolute atomic E-state index is 14.2. The third kappa shape index (κ3) is 5.41. The first-order chi connectivity index (χ1) is 16.7. The number of nitrogens with zero attached hydrogens (tertiary/aromatic N) is 2. The van der Waals surface area contributed by atoms with E-state index in [4.69, 9.17) is 0 Å². The van der Waals surface area contributed by atoms with E-state index in [9.17, 15) is 30.4 Å². The van der Waals surface area contributed by atoms with Gasteiger partial charge >= 0.3 is 6.18 Å². The van der Waals surface area contributed by atoms with Crippen molar-refractivity contribution in [2.24, 2.45) is 5.41 Å². The monoisotopic (exact) mass is 529 g/mol. The summed E-state index contributed by atoms with van der Waals surface area (Å²) in [5.41, 5.74) is -0.725. The van der Waals surface area contributed by atoms with E-state index >= 15 is 0 Å². The van der Waals surface area contributed by atoms with Crippen molar-refractivity contribution in [2.75, 3.05) is 0 Å². The predicted octanol–water partition coefficient (Wildman–Crippen LogP) is 6.55. The SMILES string of the molecule is CC(C)(C)Cn1cc(C(NS(=O)(=O)C2CCC2)C(F)F)c2ccc(-c3cccnc3C(F)(F)F)cc21. The largest absolute Gasteiger partial charge is 0.433 e. The molecule has 4 rings (SSSR count). The highest BCUT2D eigenvalue weighted by molar-refractivity contribution is 7.90. The molecular weight excluding hydrogens is 501 g/mol. The van der Waals surface area contributed by atoms with Crippen LogP contribution in [0.4, 0.5) is 22.0 Å². The van der Waals surface area contributed by atoms with Crippen molar-refractivity contribution in [1.29, 1.82) is 0 Å². The molecule has 1 unspecified atom stereocenters. The first-order valence-electron chi connectivity index (χ1n) is 11.6. The van der Waals surface area contributed by atoms with Crippen LogP contribution in [0.1, 0.15) is 57.3 Å². The zero-order valence-corrected chi connectivity index (χ0v) is 20.9. The number of fused-ring (bicyclic) bond motifs is 1. The number of aromatic nitrogens is 2. The summed E-state index contributed by atoms with van der Waals surface area (Å²) in [4.78, 5) is 3.51. The fraction of sp³-hybridized carbons (Fsp3) is 0.480. The zero-order chi connectivity index (χ0) is 26.5. The smallest absolute Gasteiger partial charge is 0.347 e. The second kappa shape index (κ2) is 9.41. The minimum Gasteiger partial charge on any atom is -0.347 e. The van der Waals surface area contributed by atoms with Crippen molar-refractivity contribution in [3.8, 4) is 11.1 Å². The van der Waals surface area contributed by atoms with Crippen molar-refractivity contribution < 1.29 is 30.4 Å². The molecule has 0 amide bonds. The second-order valence-electron chi connectivity index (χ2n) is 10.4. The van der Waals surface area contributed by atoms with E-state index in [2.05, 4.69) is 9.71 Å². The third-order valence-electron chi connectivity index (χ3n) is 6.31. The third-order valence-corrected chi connectivity index (χ3v) is 8.25. The molecule has 1 fully saturated rings. The number of halogens is 5. The molecule has 1 saturated carbocycles. The molecule has 1 N–H and O–H groups in total. The maximum Gasteiger partial charge on any atom is 0.433 e. The lowest BCUT2D eigenvalue weighted by Gasteiger charge is -2.28. The van der Waals surface area contributed by atoms with E-state index < -0.39 is 39.6 Å². The molecule has 1 aromatic carbocycles. The number of rotatable bonds is 7. The Labute approximate surface area is 206 Å². The van der Waals surface area contributed by atoms with Crippen LogP contribution in [-0.2, 0) is 22.7 Å². The van der Waals surface area contributed by atoms with Gasteiger partial charge in [-0.1, -0.05) is 45.4 Å². The summed E-state index contributed by atoms with van der Waals surface area (Å²) < 4.78 is 98.5. The van der Waals surface area contributed by atoms with Crippen LogP contribution in [0, 0.1) is 5.41 Å². The molecule has 1 aliphatic carbocycles. The topological polar surface area (TPSA) is 64.0 Å². The summed E-state index contributed by atoms with van der Waals surface area (Å²) in [5.74, 6) is 0. The molecule has 196 valence electrons. The lowest BCUT2D eigenvalue weighted by Crippen LogP contribution is -2.42. The van der Waals surface area contributed by atoms with Gasteiger partial charge in [0.25, 0.3) is 6.43 Å². The number of nitrogens with one attached hydrogen (secondary N) is 1. The molecule has 0 saturated heterocycles. The summed E-state index contributed by atoms with van der Waals surface area (Å²) in [5, 5.41) is -0.346. The van der Waals surface area contributed by atoms with E-state index in [0.717, 1.165) is 12.6 Å². The predicted molar refractivity (Wildman–Crippen MR) is 128 cm³/mol. The van der Waals surface area contributed by atoms with E-state index in [1.165, 1.54) is 36.5 Å². The average Bonchev–Trinajstić information content (AvgIpc) is 3.05. The van der Waals surface area contributed by atoms with E-state index in [-0.39, 0.29) is 22.1 Å². The standard InChI is InChI=1S/C25H28F5N3O2S/c1-24(2,3)14-33-13-19(21(23(26)27)32-36(34,35)16-6-4-7-16)18-10-9-15(12-20(18)33)17-8-5-11-31-22(17)25(28,29)30/h5,8-13,16,21,23,32H,4,6-7,14H2,1-3H3. The molecule has 0 bridgehead atoms. The van der Waals surface area contributed by atoms with Gasteiger partial charge in [-0.25, -0.2) is 21.9 Å². The first kappa shape index (κ1) is 26.5. The van der Waals surface area contributed by atoms with Gasteiger partial charge in [0.15, 0.2) is 5.69 Å². The Hall–Kier alpha value is -2.53. The molecule has 11 heteroatoms. The fourth-order valence-electron chi connectivity index (χ4n) is 4.45. The highest BCUT2D eigenvalue weighted by atomic mass is 32.2. The van der Waals surface area contributed by atoms with Gasteiger partial charge in [0.1, 0.15) is 6.04 Å². The van der Waals surface area contributed by atoms with Gasteiger partial charge in [-0.2, -0.15) is 13.2 Å². The fourth-order valence-corrected chi connectivity index (χ4v) is 6.18. The lowest BCUT2D eigenvalue weighted by molar-refractivity contribution is -0.140. The molecule has 1 atom stereocenters. The second-order valence-corrected chi connectivity index (χ2v) is 12.4. The molecular formula is C25H28F5N3O2S. The first-order valence-corrected chi connectivity index (χ1v) is 13.2. The van der Waals surface area contributed by atoms with Crippen molar-refractivity contribution >= 4 is 20.9 Å². The van der Waals surface area contributed by atoms with Crippen LogP contribution in [-0.4, -0.2) is 29.6 Å². The molecule has 3 aromatic rings. The molecule has 36 heavy (non-hydrogen) atoms. The van der Waals surface area contributed by atoms with Crippen LogP contribution in [0.5, 0.6) is 0 Å². The normalized spacial score (nSPS) is 16.5. The van der Waals surface area contributed by atoms with Crippen LogP contribution < -0.4 is 4.72 Å². The highest BCUT2D eigenvalue weighted by Crippen LogP contribution is 2.39. The molecule has 0 radical (unpaired) electrons. The molecule has 0 spiro atoms. The number of alkyl halides is 5. The van der Waals surface area contributed by atoms with Crippen molar-refractivity contribution in [3.05, 3.63) is 54.0 Å². The van der Waals surface area contributed by atoms with Crippen molar-refractivity contribution in [3.63, 3.8) is 0 Å². The Morgan fingerprint density at radius 3 is 2.39 bits per heavy atom. The Bertz CT molecular complexity index is 1360. The molecule has 2 heterocycles. The Morgan fingerprint density at radius 1 is 1.14 bits per heavy atom. The summed E-state index contributed by atoms with van der Waals surface area (Å²) in [6.07, 6.45) is -3.58. The zero-order valence-electron chi connectivity index (χ0n) is 20.1. The number of pyridine rings is 1. The van der Waals surface area contributed by atoms with Crippen LogP contribution >= 0.6 is 0 Å². The van der Waals surface area contributed by atoms with Crippen LogP contribution in [0.3, 0.4) is 0 Å². The molecule has 5 nitrogen and oxygen atoms in total.